The Morgan fingerprint density at radius 3 is 1.43 bits per heavy atom. The van der Waals surface area contributed by atoms with E-state index in [2.05, 4.69) is 55.6 Å². The molecule has 2 atom stereocenters. The van der Waals surface area contributed by atoms with Gasteiger partial charge in [-0.15, -0.1) is 0 Å². The van der Waals surface area contributed by atoms with Crippen molar-refractivity contribution in [1.82, 2.24) is 5.32 Å². The molecule has 0 saturated carbocycles. The summed E-state index contributed by atoms with van der Waals surface area (Å²) in [5.41, 5.74) is 0. The average Bonchev–Trinajstić information content (AvgIpc) is 3.06. The third-order valence-electron chi connectivity index (χ3n) is 8.78. The van der Waals surface area contributed by atoms with Crippen LogP contribution < -0.4 is 5.32 Å². The molecular formula is C42H77NO3. The van der Waals surface area contributed by atoms with Crippen LogP contribution in [0, 0.1) is 0 Å². The van der Waals surface area contributed by atoms with Gasteiger partial charge in [0.25, 0.3) is 0 Å². The van der Waals surface area contributed by atoms with Crippen molar-refractivity contribution in [3.63, 3.8) is 0 Å². The minimum absolute atomic E-state index is 0.0827. The van der Waals surface area contributed by atoms with E-state index in [1.807, 2.05) is 6.08 Å². The van der Waals surface area contributed by atoms with Gasteiger partial charge in [0.1, 0.15) is 0 Å². The molecule has 268 valence electrons. The number of allylic oxidation sites excluding steroid dienone is 7. The molecule has 46 heavy (non-hydrogen) atoms. The number of rotatable bonds is 35. The maximum atomic E-state index is 12.3. The molecule has 2 unspecified atom stereocenters. The summed E-state index contributed by atoms with van der Waals surface area (Å²) >= 11 is 0. The van der Waals surface area contributed by atoms with Gasteiger partial charge >= 0.3 is 0 Å². The molecule has 0 spiro atoms. The van der Waals surface area contributed by atoms with Gasteiger partial charge in [0.15, 0.2) is 0 Å². The number of unbranched alkanes of at least 4 members (excludes halogenated alkanes) is 22. The molecule has 0 aromatic heterocycles. The zero-order chi connectivity index (χ0) is 33.6. The van der Waals surface area contributed by atoms with Crippen LogP contribution in [0.1, 0.15) is 194 Å². The number of carbonyl (C=O) groups is 1. The van der Waals surface area contributed by atoms with Crippen LogP contribution in [0.4, 0.5) is 0 Å². The Morgan fingerprint density at radius 2 is 0.913 bits per heavy atom. The maximum absolute atomic E-state index is 12.3. The molecule has 1 amide bonds. The molecule has 0 heterocycles. The van der Waals surface area contributed by atoms with Crippen LogP contribution >= 0.6 is 0 Å². The van der Waals surface area contributed by atoms with Crippen LogP contribution in [0.25, 0.3) is 0 Å². The van der Waals surface area contributed by atoms with Crippen molar-refractivity contribution in [2.75, 3.05) is 6.61 Å². The second-order valence-electron chi connectivity index (χ2n) is 13.3. The first-order valence-corrected chi connectivity index (χ1v) is 19.9. The zero-order valence-corrected chi connectivity index (χ0v) is 30.6. The molecule has 0 fully saturated rings. The molecule has 0 aliphatic rings. The molecular weight excluding hydrogens is 566 g/mol. The monoisotopic (exact) mass is 644 g/mol. The average molecular weight is 644 g/mol. The summed E-state index contributed by atoms with van der Waals surface area (Å²) in [6, 6.07) is -0.639. The van der Waals surface area contributed by atoms with E-state index in [9.17, 15) is 15.0 Å². The normalized spacial score (nSPS) is 13.6. The van der Waals surface area contributed by atoms with E-state index in [4.69, 9.17) is 0 Å². The predicted octanol–water partition coefficient (Wildman–Crippen LogP) is 12.0. The van der Waals surface area contributed by atoms with Gasteiger partial charge in [-0.2, -0.15) is 0 Å². The Morgan fingerprint density at radius 1 is 0.522 bits per heavy atom. The van der Waals surface area contributed by atoms with Gasteiger partial charge in [-0.3, -0.25) is 4.79 Å². The number of hydrogen-bond acceptors (Lipinski definition) is 3. The lowest BCUT2D eigenvalue weighted by Gasteiger charge is -2.19. The van der Waals surface area contributed by atoms with Crippen molar-refractivity contribution in [2.45, 2.75) is 206 Å². The molecule has 4 nitrogen and oxygen atoms in total. The molecule has 0 aliphatic heterocycles. The summed E-state index contributed by atoms with van der Waals surface area (Å²) in [7, 11) is 0. The zero-order valence-electron chi connectivity index (χ0n) is 30.6. The lowest BCUT2D eigenvalue weighted by Crippen LogP contribution is -2.45. The maximum Gasteiger partial charge on any atom is 0.220 e. The van der Waals surface area contributed by atoms with Gasteiger partial charge in [-0.1, -0.05) is 172 Å². The fourth-order valence-electron chi connectivity index (χ4n) is 5.69. The van der Waals surface area contributed by atoms with Gasteiger partial charge < -0.3 is 15.5 Å². The minimum Gasteiger partial charge on any atom is -0.394 e. The van der Waals surface area contributed by atoms with Gasteiger partial charge in [0, 0.05) is 6.42 Å². The van der Waals surface area contributed by atoms with Crippen LogP contribution in [0.15, 0.2) is 48.6 Å². The van der Waals surface area contributed by atoms with Crippen molar-refractivity contribution >= 4 is 5.91 Å². The highest BCUT2D eigenvalue weighted by atomic mass is 16.3. The van der Waals surface area contributed by atoms with E-state index < -0.39 is 12.1 Å². The first-order valence-electron chi connectivity index (χ1n) is 19.9. The van der Waals surface area contributed by atoms with Crippen LogP contribution in [-0.2, 0) is 4.79 Å². The van der Waals surface area contributed by atoms with Crippen LogP contribution in [0.5, 0.6) is 0 Å². The lowest BCUT2D eigenvalue weighted by molar-refractivity contribution is -0.123. The molecule has 0 aromatic carbocycles. The van der Waals surface area contributed by atoms with Crippen LogP contribution in [0.2, 0.25) is 0 Å². The van der Waals surface area contributed by atoms with Crippen LogP contribution in [0.3, 0.4) is 0 Å². The van der Waals surface area contributed by atoms with Crippen molar-refractivity contribution < 1.29 is 15.0 Å². The van der Waals surface area contributed by atoms with Gasteiger partial charge in [0.05, 0.1) is 18.8 Å². The molecule has 3 N–H and O–H groups in total. The van der Waals surface area contributed by atoms with Crippen molar-refractivity contribution in [1.29, 1.82) is 0 Å². The largest absolute Gasteiger partial charge is 0.394 e. The van der Waals surface area contributed by atoms with E-state index in [0.717, 1.165) is 38.5 Å². The summed E-state index contributed by atoms with van der Waals surface area (Å²) in [6.07, 6.45) is 50.8. The van der Waals surface area contributed by atoms with Crippen molar-refractivity contribution in [3.05, 3.63) is 48.6 Å². The summed E-state index contributed by atoms with van der Waals surface area (Å²) in [6.45, 7) is 4.23. The molecule has 0 rings (SSSR count). The van der Waals surface area contributed by atoms with Gasteiger partial charge in [-0.25, -0.2) is 0 Å². The van der Waals surface area contributed by atoms with E-state index in [1.165, 1.54) is 135 Å². The smallest absolute Gasteiger partial charge is 0.220 e. The van der Waals surface area contributed by atoms with Gasteiger partial charge in [0.2, 0.25) is 5.91 Å². The number of carbonyl (C=O) groups excluding carboxylic acids is 1. The molecule has 0 radical (unpaired) electrons. The van der Waals surface area contributed by atoms with E-state index >= 15 is 0 Å². The molecule has 4 heteroatoms. The van der Waals surface area contributed by atoms with Crippen LogP contribution in [-0.4, -0.2) is 34.9 Å². The third-order valence-corrected chi connectivity index (χ3v) is 8.78. The second-order valence-corrected chi connectivity index (χ2v) is 13.3. The fourth-order valence-corrected chi connectivity index (χ4v) is 5.69. The Hall–Kier alpha value is -1.65. The second kappa shape index (κ2) is 37.8. The molecule has 0 aromatic rings. The Labute approximate surface area is 286 Å². The Bertz CT molecular complexity index is 741. The lowest BCUT2D eigenvalue weighted by atomic mass is 10.1. The topological polar surface area (TPSA) is 69.6 Å². The predicted molar refractivity (Wildman–Crippen MR) is 202 cm³/mol. The summed E-state index contributed by atoms with van der Waals surface area (Å²) < 4.78 is 0. The highest BCUT2D eigenvalue weighted by Crippen LogP contribution is 2.13. The number of hydrogen-bond donors (Lipinski definition) is 3. The minimum atomic E-state index is -0.861. The Kier molecular flexibility index (Phi) is 36.4. The first kappa shape index (κ1) is 44.4. The Balaban J connectivity index is 3.56. The van der Waals surface area contributed by atoms with Crippen molar-refractivity contribution in [3.8, 4) is 0 Å². The SMILES string of the molecule is CCCCC/C=C/CC/C=C/C(O)C(CO)NC(=O)CCCCCCCCCCC/C=C\C/C=C\CCCCCCCCCCC. The first-order chi connectivity index (χ1) is 22.7. The molecule has 0 aliphatic carbocycles. The standard InChI is InChI=1S/C42H77NO3/c1-3-5-7-9-11-13-14-15-16-17-18-19-20-21-22-23-24-25-26-27-28-30-32-34-36-38-42(46)43-40(39-44)41(45)37-35-33-31-29-12-10-8-6-4-2/h12,18-19,21-22,29,35,37,40-41,44-45H,3-11,13-17,20,23-28,30-34,36,38-39H2,1-2H3,(H,43,46)/b19-18-,22-21-,29-12+,37-35+. The summed E-state index contributed by atoms with van der Waals surface area (Å²) in [5, 5.41) is 22.8. The van der Waals surface area contributed by atoms with E-state index in [0.29, 0.717) is 6.42 Å². The van der Waals surface area contributed by atoms with E-state index in [1.54, 1.807) is 6.08 Å². The summed E-state index contributed by atoms with van der Waals surface area (Å²) in [5.74, 6) is -0.0827. The summed E-state index contributed by atoms with van der Waals surface area (Å²) in [4.78, 5) is 12.3. The quantitative estimate of drug-likeness (QED) is 0.0475. The highest BCUT2D eigenvalue weighted by molar-refractivity contribution is 5.76. The highest BCUT2D eigenvalue weighted by Gasteiger charge is 2.17. The number of aliphatic hydroxyl groups is 2. The number of nitrogens with one attached hydrogen (secondary N) is 1. The van der Waals surface area contributed by atoms with Crippen molar-refractivity contribution in [2.24, 2.45) is 0 Å². The molecule has 0 saturated heterocycles. The number of amides is 1. The van der Waals surface area contributed by atoms with E-state index in [-0.39, 0.29) is 12.5 Å². The fraction of sp³-hybridized carbons (Fsp3) is 0.786. The van der Waals surface area contributed by atoms with Gasteiger partial charge in [-0.05, 0) is 64.2 Å². The third kappa shape index (κ3) is 33.7. The molecule has 0 bridgehead atoms. The number of aliphatic hydroxyl groups excluding tert-OH is 2.